The highest BCUT2D eigenvalue weighted by Gasteiger charge is 2.31. The third-order valence-corrected chi connectivity index (χ3v) is 2.58. The van der Waals surface area contributed by atoms with Crippen molar-refractivity contribution in [3.8, 4) is 0 Å². The smallest absolute Gasteiger partial charge is 0.271 e. The summed E-state index contributed by atoms with van der Waals surface area (Å²) in [6, 6.07) is 3.01. The second-order valence-corrected chi connectivity index (χ2v) is 4.58. The van der Waals surface area contributed by atoms with Crippen LogP contribution in [0.15, 0.2) is 22.7 Å². The van der Waals surface area contributed by atoms with Crippen molar-refractivity contribution in [2.45, 2.75) is 25.1 Å². The minimum atomic E-state index is -4.30. The molecule has 0 heterocycles. The highest BCUT2D eigenvalue weighted by molar-refractivity contribution is 9.10. The zero-order valence-corrected chi connectivity index (χ0v) is 10.3. The topological polar surface area (TPSA) is 38.0 Å². The first-order valence-corrected chi connectivity index (χ1v) is 5.57. The largest absolute Gasteiger partial charge is 0.390 e. The Morgan fingerprint density at radius 2 is 1.94 bits per heavy atom. The number of nitrogens with one attached hydrogen (secondary N) is 1. The number of benzene rings is 1. The third-order valence-electron chi connectivity index (χ3n) is 2.12. The summed E-state index contributed by atoms with van der Waals surface area (Å²) in [6.07, 6.45) is -5.36. The second-order valence-electron chi connectivity index (χ2n) is 3.66. The molecule has 0 saturated carbocycles. The van der Waals surface area contributed by atoms with Gasteiger partial charge in [0, 0.05) is 10.5 Å². The number of halogens is 5. The molecule has 1 unspecified atom stereocenters. The molecule has 1 atom stereocenters. The van der Waals surface area contributed by atoms with Gasteiger partial charge in [0.05, 0.1) is 6.42 Å². The van der Waals surface area contributed by atoms with Gasteiger partial charge in [-0.25, -0.2) is 4.39 Å². The van der Waals surface area contributed by atoms with Crippen molar-refractivity contribution in [1.29, 1.82) is 0 Å². The number of hydrogen-bond acceptors (Lipinski definition) is 2. The average Bonchev–Trinajstić information content (AvgIpc) is 2.12. The Bertz CT molecular complexity index is 361. The van der Waals surface area contributed by atoms with E-state index in [4.69, 9.17) is 5.84 Å². The van der Waals surface area contributed by atoms with E-state index in [2.05, 4.69) is 21.4 Å². The van der Waals surface area contributed by atoms with E-state index in [1.807, 2.05) is 0 Å². The fourth-order valence-corrected chi connectivity index (χ4v) is 2.00. The molecule has 2 nitrogen and oxygen atoms in total. The van der Waals surface area contributed by atoms with Gasteiger partial charge in [-0.05, 0) is 30.2 Å². The number of rotatable bonds is 4. The lowest BCUT2D eigenvalue weighted by Gasteiger charge is -2.17. The molecule has 0 aliphatic heterocycles. The van der Waals surface area contributed by atoms with E-state index >= 15 is 0 Å². The van der Waals surface area contributed by atoms with Crippen LogP contribution >= 0.6 is 15.9 Å². The molecule has 0 aliphatic carbocycles. The minimum Gasteiger partial charge on any atom is -0.271 e. The minimum absolute atomic E-state index is 0.00632. The summed E-state index contributed by atoms with van der Waals surface area (Å²) in [4.78, 5) is 0. The summed E-state index contributed by atoms with van der Waals surface area (Å²) in [5, 5.41) is 0. The molecular formula is C10H11BrF4N2. The number of hydrogen-bond donors (Lipinski definition) is 2. The summed E-state index contributed by atoms with van der Waals surface area (Å²) in [5.41, 5.74) is 2.54. The van der Waals surface area contributed by atoms with E-state index < -0.39 is 24.5 Å². The van der Waals surface area contributed by atoms with Crippen LogP contribution in [0.3, 0.4) is 0 Å². The lowest BCUT2D eigenvalue weighted by Crippen LogP contribution is -2.40. The highest BCUT2D eigenvalue weighted by Crippen LogP contribution is 2.24. The summed E-state index contributed by atoms with van der Waals surface area (Å²) in [7, 11) is 0. The van der Waals surface area contributed by atoms with Crippen molar-refractivity contribution < 1.29 is 17.6 Å². The van der Waals surface area contributed by atoms with Crippen LogP contribution < -0.4 is 11.3 Å². The van der Waals surface area contributed by atoms with Crippen LogP contribution in [0.25, 0.3) is 0 Å². The predicted octanol–water partition coefficient (Wildman–Crippen LogP) is 2.92. The van der Waals surface area contributed by atoms with E-state index in [9.17, 15) is 17.6 Å². The Labute approximate surface area is 104 Å². The Morgan fingerprint density at radius 3 is 2.41 bits per heavy atom. The first-order valence-electron chi connectivity index (χ1n) is 4.78. The second kappa shape index (κ2) is 5.79. The zero-order chi connectivity index (χ0) is 13.1. The monoisotopic (exact) mass is 314 g/mol. The van der Waals surface area contributed by atoms with Crippen LogP contribution in [0.4, 0.5) is 17.6 Å². The van der Waals surface area contributed by atoms with Gasteiger partial charge in [-0.1, -0.05) is 15.9 Å². The predicted molar refractivity (Wildman–Crippen MR) is 59.6 cm³/mol. The van der Waals surface area contributed by atoms with Gasteiger partial charge in [0.15, 0.2) is 0 Å². The molecule has 0 amide bonds. The number of nitrogens with two attached hydrogens (primary N) is 1. The standard InChI is InChI=1S/C10H11BrF4N2/c11-7-1-6(2-8(12)4-7)3-9(17-16)5-10(13,14)15/h1-2,4,9,17H,3,5,16H2. The van der Waals surface area contributed by atoms with Crippen molar-refractivity contribution in [3.63, 3.8) is 0 Å². The van der Waals surface area contributed by atoms with Gasteiger partial charge in [0.1, 0.15) is 5.82 Å². The van der Waals surface area contributed by atoms with Gasteiger partial charge in [0.2, 0.25) is 0 Å². The maximum Gasteiger partial charge on any atom is 0.390 e. The molecule has 0 saturated heterocycles. The van der Waals surface area contributed by atoms with E-state index in [0.29, 0.717) is 10.0 Å². The molecule has 1 rings (SSSR count). The lowest BCUT2D eigenvalue weighted by molar-refractivity contribution is -0.140. The lowest BCUT2D eigenvalue weighted by atomic mass is 10.0. The molecule has 3 N–H and O–H groups in total. The van der Waals surface area contributed by atoms with Crippen molar-refractivity contribution in [2.24, 2.45) is 5.84 Å². The maximum atomic E-state index is 13.0. The zero-order valence-electron chi connectivity index (χ0n) is 8.69. The molecule has 0 aliphatic rings. The van der Waals surface area contributed by atoms with Crippen LogP contribution in [-0.4, -0.2) is 12.2 Å². The maximum absolute atomic E-state index is 13.0. The molecule has 7 heteroatoms. The Kier molecular flexibility index (Phi) is 4.91. The molecule has 0 radical (unpaired) electrons. The van der Waals surface area contributed by atoms with Gasteiger partial charge in [-0.2, -0.15) is 13.2 Å². The fourth-order valence-electron chi connectivity index (χ4n) is 1.48. The Morgan fingerprint density at radius 1 is 1.29 bits per heavy atom. The average molecular weight is 315 g/mol. The molecule has 1 aromatic rings. The van der Waals surface area contributed by atoms with Gasteiger partial charge >= 0.3 is 6.18 Å². The Balaban J connectivity index is 2.73. The van der Waals surface area contributed by atoms with Crippen LogP contribution in [0.2, 0.25) is 0 Å². The number of alkyl halides is 3. The molecule has 0 bridgehead atoms. The Hall–Kier alpha value is -0.660. The van der Waals surface area contributed by atoms with E-state index in [-0.39, 0.29) is 6.42 Å². The van der Waals surface area contributed by atoms with Crippen LogP contribution in [-0.2, 0) is 6.42 Å². The van der Waals surface area contributed by atoms with E-state index in [0.717, 1.165) is 0 Å². The van der Waals surface area contributed by atoms with Crippen LogP contribution in [0, 0.1) is 5.82 Å². The van der Waals surface area contributed by atoms with Crippen LogP contribution in [0.5, 0.6) is 0 Å². The highest BCUT2D eigenvalue weighted by atomic mass is 79.9. The molecule has 1 aromatic carbocycles. The number of hydrazine groups is 1. The van der Waals surface area contributed by atoms with Crippen molar-refractivity contribution in [2.75, 3.05) is 0 Å². The molecule has 0 spiro atoms. The fraction of sp³-hybridized carbons (Fsp3) is 0.400. The SMILES string of the molecule is NNC(Cc1cc(F)cc(Br)c1)CC(F)(F)F. The third kappa shape index (κ3) is 5.47. The first kappa shape index (κ1) is 14.4. The van der Waals surface area contributed by atoms with Crippen molar-refractivity contribution in [1.82, 2.24) is 5.43 Å². The quantitative estimate of drug-likeness (QED) is 0.509. The molecular weight excluding hydrogens is 304 g/mol. The molecule has 0 aromatic heterocycles. The van der Waals surface area contributed by atoms with Gasteiger partial charge < -0.3 is 0 Å². The summed E-state index contributed by atoms with van der Waals surface area (Å²) >= 11 is 3.07. The normalized spacial score (nSPS) is 13.8. The van der Waals surface area contributed by atoms with E-state index in [1.54, 1.807) is 6.07 Å². The van der Waals surface area contributed by atoms with Gasteiger partial charge in [-0.15, -0.1) is 0 Å². The van der Waals surface area contributed by atoms with Crippen molar-refractivity contribution >= 4 is 15.9 Å². The summed E-state index contributed by atoms with van der Waals surface area (Å²) < 4.78 is 50.0. The molecule has 96 valence electrons. The van der Waals surface area contributed by atoms with E-state index in [1.165, 1.54) is 12.1 Å². The first-order chi connectivity index (χ1) is 7.80. The van der Waals surface area contributed by atoms with Gasteiger partial charge in [-0.3, -0.25) is 11.3 Å². The summed E-state index contributed by atoms with van der Waals surface area (Å²) in [5.74, 6) is 4.55. The van der Waals surface area contributed by atoms with Crippen LogP contribution in [0.1, 0.15) is 12.0 Å². The van der Waals surface area contributed by atoms with Gasteiger partial charge in [0.25, 0.3) is 0 Å². The molecule has 0 fully saturated rings. The molecule has 17 heavy (non-hydrogen) atoms. The van der Waals surface area contributed by atoms with Crippen molar-refractivity contribution in [3.05, 3.63) is 34.1 Å². The summed E-state index contributed by atoms with van der Waals surface area (Å²) in [6.45, 7) is 0.